The van der Waals surface area contributed by atoms with Crippen LogP contribution in [0, 0.1) is 0 Å². The van der Waals surface area contributed by atoms with Crippen LogP contribution in [0.25, 0.3) is 0 Å². The van der Waals surface area contributed by atoms with Crippen LogP contribution in [0.2, 0.25) is 0 Å². The van der Waals surface area contributed by atoms with Gasteiger partial charge in [0.2, 0.25) is 0 Å². The third kappa shape index (κ3) is 4.14. The van der Waals surface area contributed by atoms with E-state index in [1.54, 1.807) is 17.4 Å². The predicted molar refractivity (Wildman–Crippen MR) is 76.8 cm³/mol. The van der Waals surface area contributed by atoms with E-state index in [1.165, 1.54) is 11.3 Å². The fourth-order valence-electron chi connectivity index (χ4n) is 1.59. The maximum atomic E-state index is 11.9. The number of thiophene rings is 2. The first-order valence-corrected chi connectivity index (χ1v) is 7.64. The average molecular weight is 297 g/mol. The van der Waals surface area contributed by atoms with E-state index in [-0.39, 0.29) is 25.2 Å². The summed E-state index contributed by atoms with van der Waals surface area (Å²) in [5, 5.41) is 15.5. The monoisotopic (exact) mass is 297 g/mol. The Kier molecular flexibility index (Phi) is 5.53. The van der Waals surface area contributed by atoms with Crippen molar-refractivity contribution in [2.45, 2.75) is 6.10 Å². The minimum atomic E-state index is -0.212. The van der Waals surface area contributed by atoms with E-state index in [1.807, 2.05) is 29.0 Å². The molecular weight excluding hydrogens is 282 g/mol. The van der Waals surface area contributed by atoms with Crippen LogP contribution in [0.5, 0.6) is 0 Å². The summed E-state index contributed by atoms with van der Waals surface area (Å²) < 4.78 is 5.55. The van der Waals surface area contributed by atoms with Crippen molar-refractivity contribution in [1.29, 1.82) is 0 Å². The van der Waals surface area contributed by atoms with Crippen LogP contribution in [-0.2, 0) is 4.74 Å². The Hall–Kier alpha value is -1.21. The Morgan fingerprint density at radius 1 is 1.32 bits per heavy atom. The summed E-state index contributed by atoms with van der Waals surface area (Å²) in [4.78, 5) is 13.6. The Labute approximate surface area is 119 Å². The Morgan fingerprint density at radius 3 is 2.74 bits per heavy atom. The summed E-state index contributed by atoms with van der Waals surface area (Å²) in [5.74, 6) is -0.0934. The van der Waals surface area contributed by atoms with Gasteiger partial charge in [0.25, 0.3) is 5.91 Å². The van der Waals surface area contributed by atoms with Crippen molar-refractivity contribution >= 4 is 28.6 Å². The van der Waals surface area contributed by atoms with Crippen LogP contribution >= 0.6 is 22.7 Å². The minimum Gasteiger partial charge on any atom is -0.394 e. The van der Waals surface area contributed by atoms with Crippen LogP contribution in [0.1, 0.15) is 20.7 Å². The molecule has 0 aromatic carbocycles. The number of ether oxygens (including phenoxy) is 1. The first-order chi connectivity index (χ1) is 9.31. The highest BCUT2D eigenvalue weighted by Gasteiger charge is 2.15. The average Bonchev–Trinajstić information content (AvgIpc) is 3.11. The molecule has 2 aromatic rings. The summed E-state index contributed by atoms with van der Waals surface area (Å²) in [6, 6.07) is 7.54. The van der Waals surface area contributed by atoms with Gasteiger partial charge < -0.3 is 15.2 Å². The molecule has 2 aromatic heterocycles. The molecule has 2 rings (SSSR count). The van der Waals surface area contributed by atoms with E-state index in [9.17, 15) is 4.79 Å². The molecule has 0 aliphatic rings. The summed E-state index contributed by atoms with van der Waals surface area (Å²) in [7, 11) is 0. The number of nitrogens with one attached hydrogen (secondary N) is 1. The molecule has 0 bridgehead atoms. The molecule has 1 amide bonds. The van der Waals surface area contributed by atoms with Crippen LogP contribution in [0.3, 0.4) is 0 Å². The Balaban J connectivity index is 1.91. The molecular formula is C13H15NO3S2. The van der Waals surface area contributed by atoms with Crippen molar-refractivity contribution in [3.8, 4) is 0 Å². The van der Waals surface area contributed by atoms with Crippen molar-refractivity contribution < 1.29 is 14.6 Å². The van der Waals surface area contributed by atoms with Gasteiger partial charge in [-0.3, -0.25) is 4.79 Å². The third-order valence-electron chi connectivity index (χ3n) is 2.46. The standard InChI is InChI=1S/C13H15NO3S2/c15-5-6-17-10(11-3-1-7-18-11)9-14-13(16)12-4-2-8-19-12/h1-4,7-8,10,15H,5-6,9H2,(H,14,16). The SMILES string of the molecule is O=C(NCC(OCCO)c1cccs1)c1cccs1. The van der Waals surface area contributed by atoms with Crippen molar-refractivity contribution in [2.24, 2.45) is 0 Å². The lowest BCUT2D eigenvalue weighted by molar-refractivity contribution is 0.0296. The van der Waals surface area contributed by atoms with Gasteiger partial charge in [0, 0.05) is 11.4 Å². The minimum absolute atomic E-state index is 0.0270. The van der Waals surface area contributed by atoms with E-state index in [0.717, 1.165) is 4.88 Å². The first-order valence-electron chi connectivity index (χ1n) is 5.89. The van der Waals surface area contributed by atoms with Crippen molar-refractivity contribution in [3.63, 3.8) is 0 Å². The molecule has 0 saturated heterocycles. The molecule has 1 unspecified atom stereocenters. The van der Waals surface area contributed by atoms with Gasteiger partial charge in [-0.2, -0.15) is 0 Å². The highest BCUT2D eigenvalue weighted by Crippen LogP contribution is 2.22. The van der Waals surface area contributed by atoms with Crippen LogP contribution in [0.4, 0.5) is 0 Å². The van der Waals surface area contributed by atoms with Crippen molar-refractivity contribution in [2.75, 3.05) is 19.8 Å². The second kappa shape index (κ2) is 7.40. The number of aliphatic hydroxyl groups is 1. The summed E-state index contributed by atoms with van der Waals surface area (Å²) in [6.07, 6.45) is -0.212. The van der Waals surface area contributed by atoms with Crippen LogP contribution < -0.4 is 5.32 Å². The van der Waals surface area contributed by atoms with Crippen LogP contribution in [0.15, 0.2) is 35.0 Å². The molecule has 0 saturated carbocycles. The lowest BCUT2D eigenvalue weighted by atomic mass is 10.3. The first kappa shape index (κ1) is 14.2. The molecule has 1 atom stereocenters. The zero-order valence-corrected chi connectivity index (χ0v) is 11.9. The second-order valence-electron chi connectivity index (χ2n) is 3.79. The van der Waals surface area contributed by atoms with Gasteiger partial charge in [-0.1, -0.05) is 12.1 Å². The van der Waals surface area contributed by atoms with Gasteiger partial charge in [0.15, 0.2) is 0 Å². The van der Waals surface area contributed by atoms with E-state index in [0.29, 0.717) is 11.4 Å². The molecule has 0 aliphatic heterocycles. The van der Waals surface area contributed by atoms with Gasteiger partial charge >= 0.3 is 0 Å². The number of amides is 1. The number of hydrogen-bond donors (Lipinski definition) is 2. The number of hydrogen-bond acceptors (Lipinski definition) is 5. The largest absolute Gasteiger partial charge is 0.394 e. The van der Waals surface area contributed by atoms with E-state index in [2.05, 4.69) is 5.32 Å². The van der Waals surface area contributed by atoms with E-state index < -0.39 is 0 Å². The maximum absolute atomic E-state index is 11.9. The summed E-state index contributed by atoms with van der Waals surface area (Å²) >= 11 is 2.98. The molecule has 102 valence electrons. The molecule has 2 N–H and O–H groups in total. The molecule has 2 heterocycles. The van der Waals surface area contributed by atoms with Crippen molar-refractivity contribution in [3.05, 3.63) is 44.8 Å². The number of carbonyl (C=O) groups excluding carboxylic acids is 1. The highest BCUT2D eigenvalue weighted by atomic mass is 32.1. The number of aliphatic hydroxyl groups excluding tert-OH is 1. The predicted octanol–water partition coefficient (Wildman–Crippen LogP) is 2.29. The van der Waals surface area contributed by atoms with E-state index in [4.69, 9.17) is 9.84 Å². The van der Waals surface area contributed by atoms with Gasteiger partial charge in [-0.25, -0.2) is 0 Å². The molecule has 0 aliphatic carbocycles. The smallest absolute Gasteiger partial charge is 0.261 e. The second-order valence-corrected chi connectivity index (χ2v) is 5.71. The number of rotatable bonds is 7. The molecule has 19 heavy (non-hydrogen) atoms. The van der Waals surface area contributed by atoms with E-state index >= 15 is 0 Å². The lowest BCUT2D eigenvalue weighted by Gasteiger charge is -2.16. The maximum Gasteiger partial charge on any atom is 0.261 e. The molecule has 4 nitrogen and oxygen atoms in total. The van der Waals surface area contributed by atoms with Gasteiger partial charge in [-0.15, -0.1) is 22.7 Å². The lowest BCUT2D eigenvalue weighted by Crippen LogP contribution is -2.29. The quantitative estimate of drug-likeness (QED) is 0.824. The molecule has 6 heteroatoms. The topological polar surface area (TPSA) is 58.6 Å². The third-order valence-corrected chi connectivity index (χ3v) is 4.30. The fourth-order valence-corrected chi connectivity index (χ4v) is 3.01. The summed E-state index contributed by atoms with van der Waals surface area (Å²) in [5.41, 5.74) is 0. The van der Waals surface area contributed by atoms with Crippen molar-refractivity contribution in [1.82, 2.24) is 5.32 Å². The van der Waals surface area contributed by atoms with Gasteiger partial charge in [0.1, 0.15) is 6.10 Å². The molecule has 0 spiro atoms. The zero-order chi connectivity index (χ0) is 13.5. The fraction of sp³-hybridized carbons (Fsp3) is 0.308. The normalized spacial score (nSPS) is 12.3. The summed E-state index contributed by atoms with van der Waals surface area (Å²) in [6.45, 7) is 0.634. The molecule has 0 radical (unpaired) electrons. The molecule has 0 fully saturated rings. The van der Waals surface area contributed by atoms with Gasteiger partial charge in [0.05, 0.1) is 18.1 Å². The Morgan fingerprint density at radius 2 is 2.11 bits per heavy atom. The highest BCUT2D eigenvalue weighted by molar-refractivity contribution is 7.12. The van der Waals surface area contributed by atoms with Gasteiger partial charge in [-0.05, 0) is 22.9 Å². The Bertz CT molecular complexity index is 482. The van der Waals surface area contributed by atoms with Crippen LogP contribution in [-0.4, -0.2) is 30.8 Å². The zero-order valence-electron chi connectivity index (χ0n) is 10.2. The number of carbonyl (C=O) groups is 1.